The van der Waals surface area contributed by atoms with Gasteiger partial charge in [-0.2, -0.15) is 0 Å². The highest BCUT2D eigenvalue weighted by Gasteiger charge is 2.11. The lowest BCUT2D eigenvalue weighted by atomic mass is 10.3. The molecule has 1 amide bonds. The van der Waals surface area contributed by atoms with E-state index in [0.717, 1.165) is 16.3 Å². The normalized spacial score (nSPS) is 10.8. The number of amides is 1. The topological polar surface area (TPSA) is 59.8 Å². The predicted molar refractivity (Wildman–Crippen MR) is 84.3 cm³/mol. The van der Waals surface area contributed by atoms with Gasteiger partial charge in [0.25, 0.3) is 0 Å². The first-order valence-electron chi connectivity index (χ1n) is 6.59. The Morgan fingerprint density at radius 2 is 2.09 bits per heavy atom. The minimum Gasteiger partial charge on any atom is -0.325 e. The van der Waals surface area contributed by atoms with Crippen molar-refractivity contribution in [3.63, 3.8) is 0 Å². The summed E-state index contributed by atoms with van der Waals surface area (Å²) >= 11 is 1.33. The van der Waals surface area contributed by atoms with E-state index in [1.807, 2.05) is 23.7 Å². The van der Waals surface area contributed by atoms with Crippen molar-refractivity contribution >= 4 is 34.5 Å². The van der Waals surface area contributed by atoms with Gasteiger partial charge in [-0.15, -0.1) is 0 Å². The summed E-state index contributed by atoms with van der Waals surface area (Å²) in [7, 11) is 1.86. The predicted octanol–water partition coefficient (Wildman–Crippen LogP) is 2.84. The molecule has 0 aliphatic rings. The van der Waals surface area contributed by atoms with Crippen molar-refractivity contribution < 1.29 is 9.18 Å². The van der Waals surface area contributed by atoms with Crippen LogP contribution in [0.25, 0.3) is 11.2 Å². The van der Waals surface area contributed by atoms with Crippen molar-refractivity contribution in [2.24, 2.45) is 7.05 Å². The van der Waals surface area contributed by atoms with Crippen LogP contribution < -0.4 is 5.32 Å². The number of carbonyl (C=O) groups is 1. The number of halogens is 1. The van der Waals surface area contributed by atoms with E-state index in [-0.39, 0.29) is 17.5 Å². The van der Waals surface area contributed by atoms with Gasteiger partial charge >= 0.3 is 0 Å². The summed E-state index contributed by atoms with van der Waals surface area (Å²) in [6.45, 7) is 0. The van der Waals surface area contributed by atoms with Crippen molar-refractivity contribution in [3.8, 4) is 0 Å². The number of benzene rings is 1. The van der Waals surface area contributed by atoms with Crippen LogP contribution in [0, 0.1) is 5.82 Å². The maximum Gasteiger partial charge on any atom is 0.234 e. The van der Waals surface area contributed by atoms with Crippen LogP contribution in [0.4, 0.5) is 10.1 Å². The lowest BCUT2D eigenvalue weighted by Crippen LogP contribution is -2.14. The van der Waals surface area contributed by atoms with Gasteiger partial charge in [0.1, 0.15) is 11.3 Å². The zero-order valence-electron chi connectivity index (χ0n) is 11.8. The van der Waals surface area contributed by atoms with Gasteiger partial charge in [-0.25, -0.2) is 14.4 Å². The fraction of sp³-hybridized carbons (Fsp3) is 0.133. The number of rotatable bonds is 4. The number of hydrogen-bond donors (Lipinski definition) is 1. The third kappa shape index (κ3) is 3.09. The lowest BCUT2D eigenvalue weighted by Gasteiger charge is -2.05. The molecule has 3 rings (SSSR count). The van der Waals surface area contributed by atoms with Gasteiger partial charge in [-0.05, 0) is 36.4 Å². The number of aryl methyl sites for hydroxylation is 1. The van der Waals surface area contributed by atoms with Crippen molar-refractivity contribution in [3.05, 3.63) is 48.4 Å². The zero-order valence-corrected chi connectivity index (χ0v) is 12.6. The monoisotopic (exact) mass is 316 g/mol. The van der Waals surface area contributed by atoms with Gasteiger partial charge in [0, 0.05) is 18.9 Å². The average Bonchev–Trinajstić information content (AvgIpc) is 2.84. The highest BCUT2D eigenvalue weighted by Crippen LogP contribution is 2.21. The molecule has 0 aliphatic heterocycles. The van der Waals surface area contributed by atoms with Crippen LogP contribution >= 0.6 is 11.8 Å². The molecule has 0 saturated carbocycles. The molecule has 1 aromatic carbocycles. The Balaban J connectivity index is 1.64. The fourth-order valence-electron chi connectivity index (χ4n) is 1.99. The van der Waals surface area contributed by atoms with E-state index in [1.165, 1.54) is 36.0 Å². The molecular weight excluding hydrogens is 303 g/mol. The van der Waals surface area contributed by atoms with Crippen LogP contribution in [-0.4, -0.2) is 26.2 Å². The van der Waals surface area contributed by atoms with Crippen molar-refractivity contribution in [1.82, 2.24) is 14.5 Å². The van der Waals surface area contributed by atoms with E-state index in [4.69, 9.17) is 0 Å². The molecule has 5 nitrogen and oxygen atoms in total. The number of carbonyl (C=O) groups excluding carboxylic acids is 1. The van der Waals surface area contributed by atoms with Gasteiger partial charge in [0.2, 0.25) is 5.91 Å². The number of imidazole rings is 1. The van der Waals surface area contributed by atoms with Crippen LogP contribution in [-0.2, 0) is 11.8 Å². The fourth-order valence-corrected chi connectivity index (χ4v) is 2.77. The molecule has 2 heterocycles. The summed E-state index contributed by atoms with van der Waals surface area (Å²) in [5.41, 5.74) is 2.15. The first kappa shape index (κ1) is 14.5. The Morgan fingerprint density at radius 3 is 2.82 bits per heavy atom. The SMILES string of the molecule is Cn1c(SCC(=O)Nc2ccc(F)cc2)nc2cccnc21. The number of hydrogen-bond acceptors (Lipinski definition) is 4. The van der Waals surface area contributed by atoms with Gasteiger partial charge in [0.15, 0.2) is 10.8 Å². The van der Waals surface area contributed by atoms with Crippen LogP contribution in [0.3, 0.4) is 0 Å². The van der Waals surface area contributed by atoms with Gasteiger partial charge < -0.3 is 9.88 Å². The molecule has 112 valence electrons. The van der Waals surface area contributed by atoms with Crippen LogP contribution in [0.2, 0.25) is 0 Å². The molecule has 2 aromatic heterocycles. The molecule has 3 aromatic rings. The molecule has 7 heteroatoms. The summed E-state index contributed by atoms with van der Waals surface area (Å²) < 4.78 is 14.7. The smallest absolute Gasteiger partial charge is 0.234 e. The maximum absolute atomic E-state index is 12.8. The lowest BCUT2D eigenvalue weighted by molar-refractivity contribution is -0.113. The highest BCUT2D eigenvalue weighted by atomic mass is 32.2. The number of aromatic nitrogens is 3. The van der Waals surface area contributed by atoms with Gasteiger partial charge in [-0.3, -0.25) is 4.79 Å². The van der Waals surface area contributed by atoms with Gasteiger partial charge in [0.05, 0.1) is 5.75 Å². The summed E-state index contributed by atoms with van der Waals surface area (Å²) in [5, 5.41) is 3.44. The van der Waals surface area contributed by atoms with Crippen LogP contribution in [0.15, 0.2) is 47.8 Å². The molecular formula is C15H13FN4OS. The van der Waals surface area contributed by atoms with E-state index >= 15 is 0 Å². The summed E-state index contributed by atoms with van der Waals surface area (Å²) in [6.07, 6.45) is 1.71. The molecule has 0 atom stereocenters. The Morgan fingerprint density at radius 1 is 1.32 bits per heavy atom. The molecule has 1 N–H and O–H groups in total. The second kappa shape index (κ2) is 6.15. The van der Waals surface area contributed by atoms with Gasteiger partial charge in [-0.1, -0.05) is 11.8 Å². The summed E-state index contributed by atoms with van der Waals surface area (Å²) in [6, 6.07) is 9.36. The standard InChI is InChI=1S/C15H13FN4OS/c1-20-14-12(3-2-8-17-14)19-15(20)22-9-13(21)18-11-6-4-10(16)5-7-11/h2-8H,9H2,1H3,(H,18,21). The number of nitrogens with zero attached hydrogens (tertiary/aromatic N) is 3. The van der Waals surface area contributed by atoms with E-state index in [1.54, 1.807) is 6.20 Å². The second-order valence-electron chi connectivity index (χ2n) is 4.64. The zero-order chi connectivity index (χ0) is 15.5. The third-order valence-electron chi connectivity index (χ3n) is 3.05. The third-order valence-corrected chi connectivity index (χ3v) is 4.08. The molecule has 22 heavy (non-hydrogen) atoms. The van der Waals surface area contributed by atoms with E-state index in [9.17, 15) is 9.18 Å². The number of pyridine rings is 1. The van der Waals surface area contributed by atoms with E-state index in [2.05, 4.69) is 15.3 Å². The van der Waals surface area contributed by atoms with Crippen LogP contribution in [0.1, 0.15) is 0 Å². The Hall–Kier alpha value is -2.41. The molecule has 0 fully saturated rings. The molecule has 0 bridgehead atoms. The largest absolute Gasteiger partial charge is 0.325 e. The first-order valence-corrected chi connectivity index (χ1v) is 7.58. The van der Waals surface area contributed by atoms with E-state index in [0.29, 0.717) is 5.69 Å². The van der Waals surface area contributed by atoms with Crippen LogP contribution in [0.5, 0.6) is 0 Å². The minimum absolute atomic E-state index is 0.170. The summed E-state index contributed by atoms with van der Waals surface area (Å²) in [4.78, 5) is 20.6. The number of nitrogens with one attached hydrogen (secondary N) is 1. The molecule has 0 unspecified atom stereocenters. The minimum atomic E-state index is -0.334. The van der Waals surface area contributed by atoms with Crippen molar-refractivity contribution in [2.45, 2.75) is 5.16 Å². The first-order chi connectivity index (χ1) is 10.6. The quantitative estimate of drug-likeness (QED) is 0.752. The van der Waals surface area contributed by atoms with Crippen molar-refractivity contribution in [2.75, 3.05) is 11.1 Å². The van der Waals surface area contributed by atoms with Crippen molar-refractivity contribution in [1.29, 1.82) is 0 Å². The average molecular weight is 316 g/mol. The Bertz CT molecular complexity index is 816. The maximum atomic E-state index is 12.8. The second-order valence-corrected chi connectivity index (χ2v) is 5.59. The number of thioether (sulfide) groups is 1. The Labute approximate surface area is 130 Å². The summed E-state index contributed by atoms with van der Waals surface area (Å²) in [5.74, 6) is -0.287. The van der Waals surface area contributed by atoms with E-state index < -0.39 is 0 Å². The molecule has 0 aliphatic carbocycles. The molecule has 0 radical (unpaired) electrons. The Kier molecular flexibility index (Phi) is 4.06. The number of anilines is 1. The highest BCUT2D eigenvalue weighted by molar-refractivity contribution is 7.99. The molecule has 0 spiro atoms. The molecule has 0 saturated heterocycles. The number of fused-ring (bicyclic) bond motifs is 1.